The minimum Gasteiger partial charge on any atom is -0.298 e. The first-order chi connectivity index (χ1) is 24.2. The predicted octanol–water partition coefficient (Wildman–Crippen LogP) is 11.3. The molecule has 0 saturated carbocycles. The van der Waals surface area contributed by atoms with Crippen molar-refractivity contribution in [2.24, 2.45) is 5.10 Å². The van der Waals surface area contributed by atoms with Gasteiger partial charge in [0.2, 0.25) is 0 Å². The van der Waals surface area contributed by atoms with E-state index in [1.54, 1.807) is 6.20 Å². The summed E-state index contributed by atoms with van der Waals surface area (Å²) < 4.78 is 0. The Hall–Kier alpha value is -6.65. The van der Waals surface area contributed by atoms with Crippen molar-refractivity contribution in [3.8, 4) is 22.3 Å². The van der Waals surface area contributed by atoms with Gasteiger partial charge in [-0.25, -0.2) is 0 Å². The number of hydrogen-bond donors (Lipinski definition) is 2. The molecule has 2 N–H and O–H groups in total. The number of hydrogen-bond acceptors (Lipinski definition) is 4. The Kier molecular flexibility index (Phi) is 6.91. The molecular formula is C45H30N4. The van der Waals surface area contributed by atoms with Gasteiger partial charge in [-0.3, -0.25) is 15.8 Å². The third-order valence-electron chi connectivity index (χ3n) is 9.46. The van der Waals surface area contributed by atoms with Crippen molar-refractivity contribution in [3.63, 3.8) is 0 Å². The fraction of sp³-hybridized carbons (Fsp3) is 0. The van der Waals surface area contributed by atoms with Crippen LogP contribution in [-0.2, 0) is 0 Å². The van der Waals surface area contributed by atoms with Gasteiger partial charge in [-0.1, -0.05) is 133 Å². The smallest absolute Gasteiger partial charge is 0.117 e. The molecule has 7 aromatic carbocycles. The van der Waals surface area contributed by atoms with E-state index in [4.69, 9.17) is 5.10 Å². The second-order valence-corrected chi connectivity index (χ2v) is 12.3. The zero-order valence-electron chi connectivity index (χ0n) is 26.6. The summed E-state index contributed by atoms with van der Waals surface area (Å²) in [6, 6.07) is 52.7. The van der Waals surface area contributed by atoms with E-state index in [0.717, 1.165) is 60.6 Å². The molecule has 0 amide bonds. The number of nitrogens with zero attached hydrogens (tertiary/aromatic N) is 2. The van der Waals surface area contributed by atoms with Crippen molar-refractivity contribution in [2.75, 3.05) is 5.43 Å². The predicted molar refractivity (Wildman–Crippen MR) is 206 cm³/mol. The number of hydrazone groups is 1. The van der Waals surface area contributed by atoms with Gasteiger partial charge < -0.3 is 0 Å². The largest absolute Gasteiger partial charge is 0.298 e. The second kappa shape index (κ2) is 11.9. The molecule has 8 aromatic rings. The van der Waals surface area contributed by atoms with Gasteiger partial charge in [-0.2, -0.15) is 5.10 Å². The normalized spacial score (nSPS) is 13.5. The van der Waals surface area contributed by atoms with Crippen LogP contribution < -0.4 is 5.43 Å². The van der Waals surface area contributed by atoms with Crippen LogP contribution in [0.15, 0.2) is 169 Å². The molecule has 1 aliphatic rings. The molecule has 0 fully saturated rings. The van der Waals surface area contributed by atoms with Crippen LogP contribution in [0, 0.1) is 5.41 Å². The summed E-state index contributed by atoms with van der Waals surface area (Å²) in [5, 5.41) is 21.5. The van der Waals surface area contributed by atoms with Gasteiger partial charge in [0.05, 0.1) is 11.4 Å². The van der Waals surface area contributed by atoms with Crippen LogP contribution in [0.25, 0.3) is 66.2 Å². The summed E-state index contributed by atoms with van der Waals surface area (Å²) in [5.74, 6) is 0. The summed E-state index contributed by atoms with van der Waals surface area (Å²) in [7, 11) is 0. The monoisotopic (exact) mass is 626 g/mol. The minimum absolute atomic E-state index is 0.388. The number of anilines is 1. The van der Waals surface area contributed by atoms with E-state index >= 15 is 0 Å². The van der Waals surface area contributed by atoms with Crippen LogP contribution in [0.2, 0.25) is 0 Å². The lowest BCUT2D eigenvalue weighted by Crippen LogP contribution is -2.22. The number of fused-ring (bicyclic) bond motifs is 4. The number of rotatable bonds is 5. The summed E-state index contributed by atoms with van der Waals surface area (Å²) in [4.78, 5) is 4.26. The highest BCUT2D eigenvalue weighted by Crippen LogP contribution is 2.45. The van der Waals surface area contributed by atoms with E-state index in [-0.39, 0.29) is 0 Å². The molecule has 0 atom stereocenters. The fourth-order valence-corrected chi connectivity index (χ4v) is 7.19. The maximum atomic E-state index is 9.48. The molecule has 0 unspecified atom stereocenters. The van der Waals surface area contributed by atoms with Crippen LogP contribution in [0.4, 0.5) is 5.69 Å². The average Bonchev–Trinajstić information content (AvgIpc) is 3.17. The van der Waals surface area contributed by atoms with Gasteiger partial charge in [0.25, 0.3) is 0 Å². The van der Waals surface area contributed by atoms with Gasteiger partial charge in [0, 0.05) is 23.5 Å². The molecule has 0 spiro atoms. The minimum atomic E-state index is 0.388. The molecule has 4 nitrogen and oxygen atoms in total. The standard InChI is InChI=1S/C45H30N4/c46-44-35-16-4-2-12-31(35)27-41(45(44)49-48-33-24-22-29(23-25-33)32-14-10-26-47-28-32)43-39-19-7-5-17-37(39)42(38-18-6-8-20-40(38)43)36-21-9-13-30-11-1-3-15-34(30)36/h1-28,46,48H. The first kappa shape index (κ1) is 28.6. The lowest BCUT2D eigenvalue weighted by Gasteiger charge is -2.24. The Labute approximate surface area is 284 Å². The van der Waals surface area contributed by atoms with Crippen LogP contribution >= 0.6 is 0 Å². The van der Waals surface area contributed by atoms with Gasteiger partial charge in [-0.05, 0) is 90.0 Å². The highest BCUT2D eigenvalue weighted by atomic mass is 15.3. The Morgan fingerprint density at radius 3 is 1.84 bits per heavy atom. The number of benzene rings is 7. The molecule has 1 aliphatic carbocycles. The summed E-state index contributed by atoms with van der Waals surface area (Å²) in [6.45, 7) is 0. The molecule has 1 aromatic heterocycles. The van der Waals surface area contributed by atoms with Crippen LogP contribution in [0.1, 0.15) is 16.7 Å². The van der Waals surface area contributed by atoms with Crippen molar-refractivity contribution in [2.45, 2.75) is 0 Å². The molecule has 1 heterocycles. The van der Waals surface area contributed by atoms with E-state index in [1.165, 1.54) is 21.9 Å². The molecule has 9 rings (SSSR count). The molecular weight excluding hydrogens is 597 g/mol. The van der Waals surface area contributed by atoms with E-state index in [0.29, 0.717) is 11.4 Å². The summed E-state index contributed by atoms with van der Waals surface area (Å²) in [6.07, 6.45) is 5.84. The van der Waals surface area contributed by atoms with Crippen molar-refractivity contribution in [1.29, 1.82) is 5.41 Å². The lowest BCUT2D eigenvalue weighted by atomic mass is 9.80. The number of aromatic nitrogens is 1. The van der Waals surface area contributed by atoms with E-state index in [1.807, 2.05) is 48.7 Å². The van der Waals surface area contributed by atoms with Crippen molar-refractivity contribution in [1.82, 2.24) is 4.98 Å². The maximum Gasteiger partial charge on any atom is 0.117 e. The lowest BCUT2D eigenvalue weighted by molar-refractivity contribution is 1.32. The molecule has 0 saturated heterocycles. The molecule has 0 bridgehead atoms. The first-order valence-corrected chi connectivity index (χ1v) is 16.4. The summed E-state index contributed by atoms with van der Waals surface area (Å²) >= 11 is 0. The maximum absolute atomic E-state index is 9.48. The second-order valence-electron chi connectivity index (χ2n) is 12.3. The highest BCUT2D eigenvalue weighted by Gasteiger charge is 2.27. The molecule has 49 heavy (non-hydrogen) atoms. The van der Waals surface area contributed by atoms with Crippen molar-refractivity contribution in [3.05, 3.63) is 181 Å². The SMILES string of the molecule is N=C1C(=NNc2ccc(-c3cccnc3)cc2)C(c2c3ccccc3c(-c3cccc4ccccc34)c3ccccc23)=Cc2ccccc21. The van der Waals surface area contributed by atoms with Crippen molar-refractivity contribution < 1.29 is 0 Å². The van der Waals surface area contributed by atoms with Gasteiger partial charge in [0.15, 0.2) is 0 Å². The average molecular weight is 627 g/mol. The zero-order valence-corrected chi connectivity index (χ0v) is 26.6. The van der Waals surface area contributed by atoms with Gasteiger partial charge >= 0.3 is 0 Å². The Balaban J connectivity index is 1.26. The van der Waals surface area contributed by atoms with E-state index < -0.39 is 0 Å². The topological polar surface area (TPSA) is 61.1 Å². The number of allylic oxidation sites excluding steroid dienone is 1. The first-order valence-electron chi connectivity index (χ1n) is 16.4. The Morgan fingerprint density at radius 1 is 0.510 bits per heavy atom. The zero-order chi connectivity index (χ0) is 32.7. The van der Waals surface area contributed by atoms with Crippen LogP contribution in [-0.4, -0.2) is 16.4 Å². The van der Waals surface area contributed by atoms with Crippen LogP contribution in [0.3, 0.4) is 0 Å². The fourth-order valence-electron chi connectivity index (χ4n) is 7.19. The van der Waals surface area contributed by atoms with E-state index in [2.05, 4.69) is 126 Å². The molecule has 0 aliphatic heterocycles. The third kappa shape index (κ3) is 4.90. The Morgan fingerprint density at radius 2 is 1.12 bits per heavy atom. The molecule has 230 valence electrons. The van der Waals surface area contributed by atoms with E-state index in [9.17, 15) is 5.41 Å². The quantitative estimate of drug-likeness (QED) is 0.147. The molecule has 4 heteroatoms. The Bertz CT molecular complexity index is 2570. The summed E-state index contributed by atoms with van der Waals surface area (Å²) in [5.41, 5.74) is 13.5. The van der Waals surface area contributed by atoms with Gasteiger partial charge in [0.1, 0.15) is 5.71 Å². The third-order valence-corrected chi connectivity index (χ3v) is 9.46. The van der Waals surface area contributed by atoms with Crippen molar-refractivity contribution >= 4 is 61.1 Å². The number of pyridine rings is 1. The van der Waals surface area contributed by atoms with Gasteiger partial charge in [-0.15, -0.1) is 0 Å². The van der Waals surface area contributed by atoms with Crippen LogP contribution in [0.5, 0.6) is 0 Å². The highest BCUT2D eigenvalue weighted by molar-refractivity contribution is 6.65. The number of nitrogens with one attached hydrogen (secondary N) is 2. The molecule has 0 radical (unpaired) electrons.